The zero-order chi connectivity index (χ0) is 20.7. The van der Waals surface area contributed by atoms with Crippen molar-refractivity contribution in [1.82, 2.24) is 14.9 Å². The summed E-state index contributed by atoms with van der Waals surface area (Å²) in [4.78, 5) is 20.3. The first-order chi connectivity index (χ1) is 14.6. The number of nitrogens with one attached hydrogen (secondary N) is 1. The highest BCUT2D eigenvalue weighted by molar-refractivity contribution is 5.81. The molecule has 0 spiro atoms. The van der Waals surface area contributed by atoms with Gasteiger partial charge >= 0.3 is 0 Å². The largest absolute Gasteiger partial charge is 0.353 e. The Hall–Kier alpha value is -2.04. The Labute approximate surface area is 180 Å². The lowest BCUT2D eigenvalue weighted by Gasteiger charge is -2.33. The van der Waals surface area contributed by atoms with Gasteiger partial charge in [0.15, 0.2) is 0 Å². The molecule has 0 bridgehead atoms. The first kappa shape index (κ1) is 19.9. The lowest BCUT2D eigenvalue weighted by Crippen LogP contribution is -2.43. The van der Waals surface area contributed by atoms with E-state index in [0.717, 1.165) is 50.2 Å². The molecule has 1 aromatic carbocycles. The number of carbonyl (C=O) groups is 1. The predicted molar refractivity (Wildman–Crippen MR) is 122 cm³/mol. The van der Waals surface area contributed by atoms with Gasteiger partial charge in [-0.05, 0) is 75.6 Å². The molecule has 2 saturated carbocycles. The van der Waals surface area contributed by atoms with E-state index in [2.05, 4.69) is 40.8 Å². The van der Waals surface area contributed by atoms with Crippen molar-refractivity contribution in [2.75, 3.05) is 18.0 Å². The number of anilines is 1. The van der Waals surface area contributed by atoms with Gasteiger partial charge in [0.25, 0.3) is 0 Å². The first-order valence-corrected chi connectivity index (χ1v) is 12.1. The lowest BCUT2D eigenvalue weighted by atomic mass is 9.95. The molecule has 162 valence electrons. The zero-order valence-corrected chi connectivity index (χ0v) is 18.6. The zero-order valence-electron chi connectivity index (χ0n) is 18.6. The number of nitrogens with zero attached hydrogens (tertiary/aromatic N) is 3. The van der Waals surface area contributed by atoms with Gasteiger partial charge in [0.1, 0.15) is 0 Å². The molecule has 5 heteroatoms. The number of aryl methyl sites for hydroxylation is 2. The smallest absolute Gasteiger partial charge is 0.223 e. The van der Waals surface area contributed by atoms with Crippen molar-refractivity contribution in [2.45, 2.75) is 90.1 Å². The molecule has 2 aromatic rings. The molecule has 1 amide bonds. The molecule has 0 unspecified atom stereocenters. The summed E-state index contributed by atoms with van der Waals surface area (Å²) in [7, 11) is 0. The summed E-state index contributed by atoms with van der Waals surface area (Å²) < 4.78 is 2.54. The molecule has 5 rings (SSSR count). The predicted octanol–water partition coefficient (Wildman–Crippen LogP) is 5.04. The van der Waals surface area contributed by atoms with E-state index in [1.54, 1.807) is 0 Å². The van der Waals surface area contributed by atoms with Crippen molar-refractivity contribution in [1.29, 1.82) is 0 Å². The van der Waals surface area contributed by atoms with Crippen molar-refractivity contribution in [3.05, 3.63) is 23.3 Å². The van der Waals surface area contributed by atoms with Gasteiger partial charge in [-0.25, -0.2) is 4.98 Å². The minimum Gasteiger partial charge on any atom is -0.353 e. The number of fused-ring (bicyclic) bond motifs is 1. The third-order valence-corrected chi connectivity index (χ3v) is 7.83. The Bertz CT molecular complexity index is 913. The van der Waals surface area contributed by atoms with Crippen molar-refractivity contribution >= 4 is 22.9 Å². The van der Waals surface area contributed by atoms with E-state index in [0.29, 0.717) is 12.1 Å². The Morgan fingerprint density at radius 3 is 2.27 bits per heavy atom. The van der Waals surface area contributed by atoms with E-state index in [-0.39, 0.29) is 11.8 Å². The van der Waals surface area contributed by atoms with Gasteiger partial charge in [0.2, 0.25) is 11.9 Å². The van der Waals surface area contributed by atoms with E-state index in [1.807, 2.05) is 0 Å². The molecule has 0 atom stereocenters. The summed E-state index contributed by atoms with van der Waals surface area (Å²) in [6, 6.07) is 5.58. The Morgan fingerprint density at radius 2 is 1.57 bits per heavy atom. The second-order valence-corrected chi connectivity index (χ2v) is 9.90. The van der Waals surface area contributed by atoms with Crippen LogP contribution in [-0.4, -0.2) is 34.6 Å². The SMILES string of the molecule is Cc1cc2nc(N3CCC(C(=O)NC4CCCC4)CC3)n(C3CCCC3)c2cc1C. The van der Waals surface area contributed by atoms with Crippen LogP contribution in [-0.2, 0) is 4.79 Å². The molecule has 0 radical (unpaired) electrons. The summed E-state index contributed by atoms with van der Waals surface area (Å²) in [6.45, 7) is 6.24. The summed E-state index contributed by atoms with van der Waals surface area (Å²) in [6.07, 6.45) is 11.9. The molecule has 1 aliphatic heterocycles. The van der Waals surface area contributed by atoms with Gasteiger partial charge < -0.3 is 14.8 Å². The average molecular weight is 409 g/mol. The van der Waals surface area contributed by atoms with Gasteiger partial charge in [-0.2, -0.15) is 0 Å². The van der Waals surface area contributed by atoms with Crippen molar-refractivity contribution in [3.8, 4) is 0 Å². The van der Waals surface area contributed by atoms with E-state index >= 15 is 0 Å². The van der Waals surface area contributed by atoms with Crippen LogP contribution in [0.5, 0.6) is 0 Å². The van der Waals surface area contributed by atoms with Crippen LogP contribution in [0.4, 0.5) is 5.95 Å². The van der Waals surface area contributed by atoms with Crippen LogP contribution in [0.25, 0.3) is 11.0 Å². The van der Waals surface area contributed by atoms with Crippen LogP contribution in [0.15, 0.2) is 12.1 Å². The number of carbonyl (C=O) groups excluding carboxylic acids is 1. The molecule has 3 fully saturated rings. The molecule has 1 N–H and O–H groups in total. The number of rotatable bonds is 4. The van der Waals surface area contributed by atoms with Gasteiger partial charge in [0, 0.05) is 31.1 Å². The van der Waals surface area contributed by atoms with E-state index in [9.17, 15) is 4.79 Å². The van der Waals surface area contributed by atoms with Crippen LogP contribution in [0.2, 0.25) is 0 Å². The minimum absolute atomic E-state index is 0.163. The fourth-order valence-corrected chi connectivity index (χ4v) is 5.81. The van der Waals surface area contributed by atoms with Crippen LogP contribution in [0.1, 0.15) is 81.4 Å². The molecule has 5 nitrogen and oxygen atoms in total. The van der Waals surface area contributed by atoms with Crippen LogP contribution < -0.4 is 10.2 Å². The molecular formula is C25H36N4O. The Kier molecular flexibility index (Phi) is 5.46. The summed E-state index contributed by atoms with van der Waals surface area (Å²) in [5, 5.41) is 3.31. The number of hydrogen-bond donors (Lipinski definition) is 1. The molecule has 1 saturated heterocycles. The summed E-state index contributed by atoms with van der Waals surface area (Å²) in [5.41, 5.74) is 5.07. The maximum atomic E-state index is 12.7. The highest BCUT2D eigenvalue weighted by Gasteiger charge is 2.31. The van der Waals surface area contributed by atoms with Gasteiger partial charge in [-0.1, -0.05) is 25.7 Å². The summed E-state index contributed by atoms with van der Waals surface area (Å²) in [5.74, 6) is 1.59. The number of imidazole rings is 1. The molecule has 30 heavy (non-hydrogen) atoms. The van der Waals surface area contributed by atoms with E-state index < -0.39 is 0 Å². The fourth-order valence-electron chi connectivity index (χ4n) is 5.81. The third-order valence-electron chi connectivity index (χ3n) is 7.83. The monoisotopic (exact) mass is 408 g/mol. The first-order valence-electron chi connectivity index (χ1n) is 12.1. The third kappa shape index (κ3) is 3.72. The van der Waals surface area contributed by atoms with E-state index in [1.165, 1.54) is 55.2 Å². The molecule has 3 aliphatic rings. The Morgan fingerprint density at radius 1 is 0.933 bits per heavy atom. The van der Waals surface area contributed by atoms with Crippen LogP contribution in [0.3, 0.4) is 0 Å². The highest BCUT2D eigenvalue weighted by atomic mass is 16.1. The van der Waals surface area contributed by atoms with E-state index in [4.69, 9.17) is 4.98 Å². The van der Waals surface area contributed by atoms with Crippen molar-refractivity contribution in [3.63, 3.8) is 0 Å². The second kappa shape index (κ2) is 8.24. The normalized spacial score (nSPS) is 21.7. The molecular weight excluding hydrogens is 372 g/mol. The van der Waals surface area contributed by atoms with Crippen molar-refractivity contribution in [2.24, 2.45) is 5.92 Å². The molecule has 1 aromatic heterocycles. The number of aromatic nitrogens is 2. The maximum Gasteiger partial charge on any atom is 0.223 e. The van der Waals surface area contributed by atoms with Gasteiger partial charge in [-0.15, -0.1) is 0 Å². The average Bonchev–Trinajstić information content (AvgIpc) is 3.49. The highest BCUT2D eigenvalue weighted by Crippen LogP contribution is 2.38. The quantitative estimate of drug-likeness (QED) is 0.771. The van der Waals surface area contributed by atoms with Crippen molar-refractivity contribution < 1.29 is 4.79 Å². The number of amides is 1. The van der Waals surface area contributed by atoms with Crippen LogP contribution in [0, 0.1) is 19.8 Å². The number of hydrogen-bond acceptors (Lipinski definition) is 3. The summed E-state index contributed by atoms with van der Waals surface area (Å²) >= 11 is 0. The number of piperidine rings is 1. The standard InChI is InChI=1S/C25H36N4O/c1-17-15-22-23(16-18(17)2)29(21-9-5-6-10-21)25(27-22)28-13-11-19(12-14-28)24(30)26-20-7-3-4-8-20/h15-16,19-21H,3-14H2,1-2H3,(H,26,30). The maximum absolute atomic E-state index is 12.7. The lowest BCUT2D eigenvalue weighted by molar-refractivity contribution is -0.126. The number of benzene rings is 1. The van der Waals surface area contributed by atoms with Crippen LogP contribution >= 0.6 is 0 Å². The molecule has 2 aliphatic carbocycles. The van der Waals surface area contributed by atoms with Gasteiger partial charge in [0.05, 0.1) is 11.0 Å². The minimum atomic E-state index is 0.163. The fraction of sp³-hybridized carbons (Fsp3) is 0.680. The second-order valence-electron chi connectivity index (χ2n) is 9.90. The van der Waals surface area contributed by atoms with Gasteiger partial charge in [-0.3, -0.25) is 4.79 Å². The molecule has 2 heterocycles. The topological polar surface area (TPSA) is 50.2 Å². The Balaban J connectivity index is 1.36.